The van der Waals surface area contributed by atoms with Crippen LogP contribution < -0.4 is 14.7 Å². The first-order valence-corrected chi connectivity index (χ1v) is 8.80. The molecule has 25 heavy (non-hydrogen) atoms. The summed E-state index contributed by atoms with van der Waals surface area (Å²) in [6.45, 7) is 2.09. The Bertz CT molecular complexity index is 832. The Labute approximate surface area is 154 Å². The number of carboxylic acid groups (broad SMARTS) is 1. The number of carbonyl (C=O) groups excluding carboxylic acids is 2. The van der Waals surface area contributed by atoms with E-state index in [0.717, 1.165) is 33.7 Å². The largest absolute Gasteiger partial charge is 0.548 e. The van der Waals surface area contributed by atoms with Crippen LogP contribution in [0.2, 0.25) is 0 Å². The molecule has 0 unspecified atom stereocenters. The Morgan fingerprint density at radius 2 is 2.08 bits per heavy atom. The Morgan fingerprint density at radius 3 is 2.72 bits per heavy atom. The molecule has 3 rings (SSSR count). The van der Waals surface area contributed by atoms with Crippen molar-refractivity contribution in [3.05, 3.63) is 40.4 Å². The number of methoxy groups -OCH3 is 1. The van der Waals surface area contributed by atoms with E-state index in [9.17, 15) is 14.7 Å². The summed E-state index contributed by atoms with van der Waals surface area (Å²) in [6.07, 6.45) is 3.75. The van der Waals surface area contributed by atoms with E-state index in [0.29, 0.717) is 17.1 Å². The summed E-state index contributed by atoms with van der Waals surface area (Å²) in [5, 5.41) is 10.8. The molecule has 1 amide bonds. The molecule has 0 bridgehead atoms. The molecule has 0 spiro atoms. The Morgan fingerprint density at radius 1 is 1.32 bits per heavy atom. The quantitative estimate of drug-likeness (QED) is 0.581. The number of thioether (sulfide) groups is 1. The normalized spacial score (nSPS) is 19.4. The molecular weight excluding hydrogens is 360 g/mol. The second-order valence-electron chi connectivity index (χ2n) is 5.35. The van der Waals surface area contributed by atoms with Gasteiger partial charge in [-0.3, -0.25) is 9.69 Å². The van der Waals surface area contributed by atoms with Gasteiger partial charge in [-0.05, 0) is 31.2 Å². The van der Waals surface area contributed by atoms with Gasteiger partial charge in [0.15, 0.2) is 0 Å². The Balaban J connectivity index is 2.03. The lowest BCUT2D eigenvalue weighted by Crippen LogP contribution is -2.40. The van der Waals surface area contributed by atoms with E-state index in [1.54, 1.807) is 7.11 Å². The highest BCUT2D eigenvalue weighted by molar-refractivity contribution is 8.26. The van der Waals surface area contributed by atoms with Gasteiger partial charge in [0.05, 0.1) is 25.3 Å². The number of benzene rings is 1. The minimum Gasteiger partial charge on any atom is -0.548 e. The number of carboxylic acids is 1. The zero-order valence-electron chi connectivity index (χ0n) is 13.6. The lowest BCUT2D eigenvalue weighted by molar-refractivity contribution is -0.305. The molecule has 0 radical (unpaired) electrons. The van der Waals surface area contributed by atoms with Crippen molar-refractivity contribution in [2.75, 3.05) is 25.1 Å². The fourth-order valence-electron chi connectivity index (χ4n) is 2.79. The summed E-state index contributed by atoms with van der Waals surface area (Å²) in [5.74, 6) is -0.996. The zero-order chi connectivity index (χ0) is 18.1. The van der Waals surface area contributed by atoms with E-state index in [1.807, 2.05) is 42.2 Å². The molecule has 1 aromatic carbocycles. The van der Waals surface area contributed by atoms with Gasteiger partial charge in [0.25, 0.3) is 5.91 Å². The summed E-state index contributed by atoms with van der Waals surface area (Å²) in [4.78, 5) is 26.9. The van der Waals surface area contributed by atoms with Crippen LogP contribution in [-0.2, 0) is 9.59 Å². The van der Waals surface area contributed by atoms with Gasteiger partial charge >= 0.3 is 0 Å². The maximum atomic E-state index is 12.6. The van der Waals surface area contributed by atoms with Crippen LogP contribution in [-0.4, -0.2) is 41.3 Å². The van der Waals surface area contributed by atoms with Gasteiger partial charge in [0.2, 0.25) is 0 Å². The van der Waals surface area contributed by atoms with E-state index in [-0.39, 0.29) is 4.32 Å². The molecule has 8 heteroatoms. The number of anilines is 1. The summed E-state index contributed by atoms with van der Waals surface area (Å²) in [7, 11) is 1.61. The number of fused-ring (bicyclic) bond motifs is 1. The molecule has 1 aromatic rings. The van der Waals surface area contributed by atoms with E-state index >= 15 is 0 Å². The minimum absolute atomic E-state index is 0.224. The van der Waals surface area contributed by atoms with Crippen molar-refractivity contribution in [3.63, 3.8) is 0 Å². The first-order chi connectivity index (χ1) is 12.0. The average Bonchev–Trinajstić information content (AvgIpc) is 2.87. The fraction of sp³-hybridized carbons (Fsp3) is 0.235. The number of carbonyl (C=O) groups is 2. The number of nitrogens with zero attached hydrogens (tertiary/aromatic N) is 2. The third-order valence-electron chi connectivity index (χ3n) is 3.92. The molecule has 2 aliphatic heterocycles. The van der Waals surface area contributed by atoms with E-state index < -0.39 is 18.4 Å². The number of thiocarbonyl (C=S) groups is 1. The van der Waals surface area contributed by atoms with Crippen LogP contribution in [0.1, 0.15) is 12.5 Å². The number of ether oxygens (including phenoxy) is 1. The molecule has 2 heterocycles. The molecule has 130 valence electrons. The van der Waals surface area contributed by atoms with Crippen LogP contribution in [0, 0.1) is 0 Å². The third kappa shape index (κ3) is 3.14. The van der Waals surface area contributed by atoms with Gasteiger partial charge < -0.3 is 19.5 Å². The Hall–Kier alpha value is -2.32. The summed E-state index contributed by atoms with van der Waals surface area (Å²) in [5.41, 5.74) is 2.64. The number of allylic oxidation sites excluding steroid dienone is 1. The molecule has 0 N–H and O–H groups in total. The fourth-order valence-corrected chi connectivity index (χ4v) is 4.10. The number of hydrogen-bond acceptors (Lipinski definition) is 7. The van der Waals surface area contributed by atoms with Crippen molar-refractivity contribution < 1.29 is 19.4 Å². The van der Waals surface area contributed by atoms with Gasteiger partial charge in [-0.1, -0.05) is 30.1 Å². The molecule has 2 aliphatic rings. The number of aliphatic carboxylic acids is 1. The first-order valence-electron chi connectivity index (χ1n) is 7.57. The average molecular weight is 375 g/mol. The predicted octanol–water partition coefficient (Wildman–Crippen LogP) is 1.37. The molecule has 1 fully saturated rings. The lowest BCUT2D eigenvalue weighted by Gasteiger charge is -2.30. The SMILES string of the molecule is CCN1C(=C2SC(=S)N(CC(=O)[O-])C2=O)C=Cc2cc(OC)ccc21. The maximum Gasteiger partial charge on any atom is 0.268 e. The van der Waals surface area contributed by atoms with Crippen LogP contribution in [0.5, 0.6) is 5.75 Å². The number of likely N-dealkylation sites (N-methyl/N-ethyl adjacent to an activating group) is 1. The second-order valence-corrected chi connectivity index (χ2v) is 6.99. The molecule has 0 aromatic heterocycles. The molecule has 0 saturated carbocycles. The van der Waals surface area contributed by atoms with Crippen LogP contribution in [0.25, 0.3) is 6.08 Å². The van der Waals surface area contributed by atoms with Crippen molar-refractivity contribution in [3.8, 4) is 5.75 Å². The predicted molar refractivity (Wildman–Crippen MR) is 99.0 cm³/mol. The molecule has 1 saturated heterocycles. The van der Waals surface area contributed by atoms with Crippen LogP contribution >= 0.6 is 24.0 Å². The van der Waals surface area contributed by atoms with Crippen molar-refractivity contribution in [2.24, 2.45) is 0 Å². The number of hydrogen-bond donors (Lipinski definition) is 0. The second kappa shape index (κ2) is 6.89. The van der Waals surface area contributed by atoms with Crippen LogP contribution in [0.15, 0.2) is 34.9 Å². The number of rotatable bonds is 4. The molecule has 0 aliphatic carbocycles. The minimum atomic E-state index is -1.34. The molecular formula is C17H15N2O4S2-. The smallest absolute Gasteiger partial charge is 0.268 e. The summed E-state index contributed by atoms with van der Waals surface area (Å²) >= 11 is 6.26. The third-order valence-corrected chi connectivity index (χ3v) is 5.38. The molecule has 6 nitrogen and oxygen atoms in total. The molecule has 0 atom stereocenters. The van der Waals surface area contributed by atoms with Gasteiger partial charge in [0.1, 0.15) is 15.0 Å². The summed E-state index contributed by atoms with van der Waals surface area (Å²) in [6, 6.07) is 5.72. The van der Waals surface area contributed by atoms with E-state index in [2.05, 4.69) is 0 Å². The van der Waals surface area contributed by atoms with Crippen molar-refractivity contribution in [1.82, 2.24) is 4.90 Å². The van der Waals surface area contributed by atoms with E-state index in [4.69, 9.17) is 17.0 Å². The van der Waals surface area contributed by atoms with Crippen molar-refractivity contribution in [1.29, 1.82) is 0 Å². The topological polar surface area (TPSA) is 72.9 Å². The lowest BCUT2D eigenvalue weighted by atomic mass is 10.0. The highest BCUT2D eigenvalue weighted by Crippen LogP contribution is 2.40. The van der Waals surface area contributed by atoms with Gasteiger partial charge in [-0.25, -0.2) is 0 Å². The number of amides is 1. The standard InChI is InChI=1S/C17H16N2O4S2/c1-3-18-12-7-5-11(23-2)8-10(12)4-6-13(18)15-16(22)19(9-14(20)21)17(24)25-15/h4-8H,3,9H2,1-2H3,(H,20,21)/p-1. The van der Waals surface area contributed by atoms with Crippen molar-refractivity contribution >= 4 is 51.9 Å². The highest BCUT2D eigenvalue weighted by atomic mass is 32.2. The van der Waals surface area contributed by atoms with Gasteiger partial charge in [-0.15, -0.1) is 0 Å². The van der Waals surface area contributed by atoms with Crippen LogP contribution in [0.3, 0.4) is 0 Å². The van der Waals surface area contributed by atoms with E-state index in [1.165, 1.54) is 0 Å². The van der Waals surface area contributed by atoms with Gasteiger partial charge in [-0.2, -0.15) is 0 Å². The zero-order valence-corrected chi connectivity index (χ0v) is 15.3. The monoisotopic (exact) mass is 375 g/mol. The first kappa shape index (κ1) is 17.5. The summed E-state index contributed by atoms with van der Waals surface area (Å²) < 4.78 is 5.47. The van der Waals surface area contributed by atoms with Crippen LogP contribution in [0.4, 0.5) is 5.69 Å². The Kier molecular flexibility index (Phi) is 4.82. The maximum absolute atomic E-state index is 12.6. The van der Waals surface area contributed by atoms with Gasteiger partial charge in [0, 0.05) is 17.8 Å². The van der Waals surface area contributed by atoms with Crippen molar-refractivity contribution in [2.45, 2.75) is 6.92 Å². The highest BCUT2D eigenvalue weighted by Gasteiger charge is 2.36.